The van der Waals surface area contributed by atoms with E-state index in [9.17, 15) is 9.18 Å². The molecule has 152 valence electrons. The highest BCUT2D eigenvalue weighted by Crippen LogP contribution is 2.26. The second kappa shape index (κ2) is 8.28. The molecule has 1 aromatic heterocycles. The number of aromatic nitrogens is 2. The third kappa shape index (κ3) is 4.18. The van der Waals surface area contributed by atoms with E-state index in [2.05, 4.69) is 35.1 Å². The second-order valence-corrected chi connectivity index (χ2v) is 7.71. The summed E-state index contributed by atoms with van der Waals surface area (Å²) in [6, 6.07) is 6.55. The number of halogens is 1. The first-order chi connectivity index (χ1) is 13.3. The number of rotatable bonds is 5. The Balaban J connectivity index is 1.66. The van der Waals surface area contributed by atoms with Crippen LogP contribution in [0.25, 0.3) is 0 Å². The molecule has 1 saturated heterocycles. The maximum absolute atomic E-state index is 13.2. The van der Waals surface area contributed by atoms with Crippen LogP contribution in [0.4, 0.5) is 14.9 Å². The number of carbonyl (C=O) groups excluding carboxylic acids is 1. The van der Waals surface area contributed by atoms with E-state index >= 15 is 0 Å². The van der Waals surface area contributed by atoms with Gasteiger partial charge < -0.3 is 10.2 Å². The second-order valence-electron chi connectivity index (χ2n) is 7.71. The van der Waals surface area contributed by atoms with Gasteiger partial charge in [0.15, 0.2) is 0 Å². The fourth-order valence-corrected chi connectivity index (χ4v) is 3.71. The number of hydrogen-bond acceptors (Lipinski definition) is 4. The summed E-state index contributed by atoms with van der Waals surface area (Å²) < 4.78 is 15.1. The Morgan fingerprint density at radius 2 is 2.04 bits per heavy atom. The van der Waals surface area contributed by atoms with Crippen molar-refractivity contribution in [3.8, 4) is 0 Å². The van der Waals surface area contributed by atoms with Gasteiger partial charge in [-0.1, -0.05) is 12.1 Å². The normalized spacial score (nSPS) is 19.2. The molecule has 2 heterocycles. The van der Waals surface area contributed by atoms with E-state index in [0.717, 1.165) is 29.2 Å². The number of aryl methyl sites for hydroxylation is 1. The summed E-state index contributed by atoms with van der Waals surface area (Å²) in [5, 5.41) is 7.52. The van der Waals surface area contributed by atoms with Crippen LogP contribution in [0, 0.1) is 25.6 Å². The molecular formula is C20H29FN6O. The van der Waals surface area contributed by atoms with Gasteiger partial charge in [0.05, 0.1) is 23.1 Å². The van der Waals surface area contributed by atoms with Gasteiger partial charge in [-0.05, 0) is 45.4 Å². The highest BCUT2D eigenvalue weighted by molar-refractivity contribution is 5.90. The number of anilines is 1. The summed E-state index contributed by atoms with van der Waals surface area (Å²) in [6.45, 7) is 9.27. The van der Waals surface area contributed by atoms with E-state index in [1.807, 2.05) is 18.5 Å². The Morgan fingerprint density at radius 3 is 2.64 bits per heavy atom. The van der Waals surface area contributed by atoms with Crippen molar-refractivity contribution < 1.29 is 9.18 Å². The first kappa shape index (κ1) is 20.3. The third-order valence-corrected chi connectivity index (χ3v) is 5.22. The first-order valence-electron chi connectivity index (χ1n) is 9.59. The van der Waals surface area contributed by atoms with Crippen LogP contribution >= 0.6 is 0 Å². The van der Waals surface area contributed by atoms with Crippen molar-refractivity contribution in [2.24, 2.45) is 5.92 Å². The van der Waals surface area contributed by atoms with Crippen LogP contribution < -0.4 is 16.2 Å². The van der Waals surface area contributed by atoms with Crippen molar-refractivity contribution in [2.75, 3.05) is 25.5 Å². The maximum Gasteiger partial charge on any atom is 0.321 e. The van der Waals surface area contributed by atoms with Crippen LogP contribution in [-0.2, 0) is 0 Å². The summed E-state index contributed by atoms with van der Waals surface area (Å²) in [5.74, 6) is -0.0859. The molecule has 2 atom stereocenters. The molecule has 8 heteroatoms. The number of nitrogens with one attached hydrogen (secondary N) is 3. The number of benzene rings is 1. The molecule has 2 unspecified atom stereocenters. The van der Waals surface area contributed by atoms with Gasteiger partial charge in [0.1, 0.15) is 5.82 Å². The summed E-state index contributed by atoms with van der Waals surface area (Å²) >= 11 is 0. The Kier molecular flexibility index (Phi) is 6.00. The summed E-state index contributed by atoms with van der Waals surface area (Å²) in [6.07, 6.45) is 0. The Morgan fingerprint density at radius 1 is 1.36 bits per heavy atom. The number of carbonyl (C=O) groups is 1. The van der Waals surface area contributed by atoms with Gasteiger partial charge in [0.2, 0.25) is 0 Å². The lowest BCUT2D eigenvalue weighted by molar-refractivity contribution is 0.213. The van der Waals surface area contributed by atoms with Crippen molar-refractivity contribution in [2.45, 2.75) is 39.8 Å². The molecule has 3 rings (SSSR count). The Labute approximate surface area is 165 Å². The molecular weight excluding hydrogens is 359 g/mol. The molecule has 1 fully saturated rings. The Bertz CT molecular complexity index is 832. The predicted octanol–water partition coefficient (Wildman–Crippen LogP) is 3.15. The van der Waals surface area contributed by atoms with Crippen LogP contribution in [0.5, 0.6) is 0 Å². The maximum atomic E-state index is 13.2. The van der Waals surface area contributed by atoms with Crippen LogP contribution in [0.1, 0.15) is 42.9 Å². The zero-order chi connectivity index (χ0) is 20.4. The standard InChI is InChI=1S/C20H29FN6O/c1-12(2)27-14(4)18(13(3)25-27)23-20(28)26(5)11-16-10-22-24-19(16)15-6-8-17(21)9-7-15/h6-9,12,16,19,22,24H,10-11H2,1-5H3,(H,23,28). The van der Waals surface area contributed by atoms with Crippen LogP contribution in [0.3, 0.4) is 0 Å². The van der Waals surface area contributed by atoms with Gasteiger partial charge in [-0.25, -0.2) is 14.6 Å². The van der Waals surface area contributed by atoms with E-state index in [1.54, 1.807) is 24.1 Å². The molecule has 3 N–H and O–H groups in total. The van der Waals surface area contributed by atoms with Gasteiger partial charge in [-0.15, -0.1) is 0 Å². The molecule has 0 radical (unpaired) electrons. The lowest BCUT2D eigenvalue weighted by atomic mass is 9.94. The topological polar surface area (TPSA) is 74.2 Å². The van der Waals surface area contributed by atoms with Crippen molar-refractivity contribution in [3.05, 3.63) is 47.0 Å². The first-order valence-corrected chi connectivity index (χ1v) is 9.59. The molecule has 0 saturated carbocycles. The molecule has 7 nitrogen and oxygen atoms in total. The molecule has 1 aromatic carbocycles. The highest BCUT2D eigenvalue weighted by Gasteiger charge is 2.30. The number of urea groups is 1. The van der Waals surface area contributed by atoms with Gasteiger partial charge in [-0.2, -0.15) is 5.10 Å². The van der Waals surface area contributed by atoms with E-state index in [0.29, 0.717) is 6.54 Å². The zero-order valence-electron chi connectivity index (χ0n) is 17.1. The largest absolute Gasteiger partial charge is 0.327 e. The number of amides is 2. The van der Waals surface area contributed by atoms with Gasteiger partial charge >= 0.3 is 6.03 Å². The van der Waals surface area contributed by atoms with Gasteiger partial charge in [-0.3, -0.25) is 10.1 Å². The van der Waals surface area contributed by atoms with Crippen molar-refractivity contribution in [1.82, 2.24) is 25.5 Å². The molecule has 28 heavy (non-hydrogen) atoms. The molecule has 2 amide bonds. The molecule has 0 bridgehead atoms. The van der Waals surface area contributed by atoms with Gasteiger partial charge in [0.25, 0.3) is 0 Å². The predicted molar refractivity (Wildman–Crippen MR) is 108 cm³/mol. The Hall–Kier alpha value is -2.45. The van der Waals surface area contributed by atoms with Crippen molar-refractivity contribution >= 4 is 11.7 Å². The number of hydrogen-bond donors (Lipinski definition) is 3. The van der Waals surface area contributed by atoms with Gasteiger partial charge in [0, 0.05) is 32.1 Å². The minimum absolute atomic E-state index is 0.0167. The average molecular weight is 388 g/mol. The lowest BCUT2D eigenvalue weighted by Gasteiger charge is -2.25. The smallest absolute Gasteiger partial charge is 0.321 e. The van der Waals surface area contributed by atoms with Crippen molar-refractivity contribution in [1.29, 1.82) is 0 Å². The monoisotopic (exact) mass is 388 g/mol. The zero-order valence-corrected chi connectivity index (χ0v) is 17.1. The fourth-order valence-electron chi connectivity index (χ4n) is 3.71. The number of nitrogens with zero attached hydrogens (tertiary/aromatic N) is 3. The van der Waals surface area contributed by atoms with E-state index in [-0.39, 0.29) is 29.8 Å². The minimum Gasteiger partial charge on any atom is -0.327 e. The van der Waals surface area contributed by atoms with E-state index in [4.69, 9.17) is 0 Å². The quantitative estimate of drug-likeness (QED) is 0.736. The molecule has 1 aliphatic heterocycles. The lowest BCUT2D eigenvalue weighted by Crippen LogP contribution is -2.37. The van der Waals surface area contributed by atoms with E-state index in [1.165, 1.54) is 12.1 Å². The van der Waals surface area contributed by atoms with Crippen LogP contribution in [0.15, 0.2) is 24.3 Å². The van der Waals surface area contributed by atoms with Crippen LogP contribution in [-0.4, -0.2) is 40.8 Å². The average Bonchev–Trinajstić information content (AvgIpc) is 3.21. The summed E-state index contributed by atoms with van der Waals surface area (Å²) in [7, 11) is 1.78. The van der Waals surface area contributed by atoms with E-state index < -0.39 is 0 Å². The third-order valence-electron chi connectivity index (χ3n) is 5.22. The summed E-state index contributed by atoms with van der Waals surface area (Å²) in [4.78, 5) is 14.4. The molecule has 0 spiro atoms. The molecule has 0 aliphatic carbocycles. The molecule has 2 aromatic rings. The van der Waals surface area contributed by atoms with Crippen molar-refractivity contribution in [3.63, 3.8) is 0 Å². The SMILES string of the molecule is Cc1nn(C(C)C)c(C)c1NC(=O)N(C)CC1CNNC1c1ccc(F)cc1. The molecule has 1 aliphatic rings. The number of hydrazine groups is 1. The highest BCUT2D eigenvalue weighted by atomic mass is 19.1. The minimum atomic E-state index is -0.254. The van der Waals surface area contributed by atoms with Crippen LogP contribution in [0.2, 0.25) is 0 Å². The fraction of sp³-hybridized carbons (Fsp3) is 0.500. The summed E-state index contributed by atoms with van der Waals surface area (Å²) in [5.41, 5.74) is 9.89.